The first-order valence-electron chi connectivity index (χ1n) is 8.53. The second-order valence-electron chi connectivity index (χ2n) is 6.47. The van der Waals surface area contributed by atoms with Gasteiger partial charge in [0.15, 0.2) is 0 Å². The van der Waals surface area contributed by atoms with E-state index in [1.165, 1.54) is 16.4 Å². The summed E-state index contributed by atoms with van der Waals surface area (Å²) in [7, 11) is -3.73. The molecule has 2 aromatic carbocycles. The van der Waals surface area contributed by atoms with Gasteiger partial charge in [0.1, 0.15) is 24.5 Å². The Morgan fingerprint density at radius 3 is 2.42 bits per heavy atom. The van der Waals surface area contributed by atoms with Crippen LogP contribution >= 0.6 is 0 Å². The van der Waals surface area contributed by atoms with Crippen LogP contribution in [-0.2, 0) is 26.2 Å². The summed E-state index contributed by atoms with van der Waals surface area (Å²) >= 11 is 0. The van der Waals surface area contributed by atoms with Crippen molar-refractivity contribution in [3.63, 3.8) is 0 Å². The van der Waals surface area contributed by atoms with Crippen LogP contribution < -0.4 is 4.74 Å². The van der Waals surface area contributed by atoms with Gasteiger partial charge in [0, 0.05) is 0 Å². The first kappa shape index (κ1) is 17.1. The Balaban J connectivity index is 1.48. The van der Waals surface area contributed by atoms with E-state index < -0.39 is 22.0 Å². The number of hydrogen-bond donors (Lipinski definition) is 0. The van der Waals surface area contributed by atoms with Gasteiger partial charge < -0.3 is 9.47 Å². The monoisotopic (exact) mass is 373 g/mol. The lowest BCUT2D eigenvalue weighted by Crippen LogP contribution is -2.58. The van der Waals surface area contributed by atoms with Gasteiger partial charge in [-0.15, -0.1) is 0 Å². The van der Waals surface area contributed by atoms with E-state index >= 15 is 0 Å². The second-order valence-corrected chi connectivity index (χ2v) is 8.36. The molecule has 0 N–H and O–H groups in total. The molecule has 3 heterocycles. The zero-order valence-corrected chi connectivity index (χ0v) is 14.9. The molecule has 2 unspecified atom stereocenters. The molecule has 26 heavy (non-hydrogen) atoms. The summed E-state index contributed by atoms with van der Waals surface area (Å²) in [4.78, 5) is 12.0. The topological polar surface area (TPSA) is 72.9 Å². The lowest BCUT2D eigenvalue weighted by molar-refractivity contribution is -0.169. The summed E-state index contributed by atoms with van der Waals surface area (Å²) in [6.45, 7) is 0.639. The van der Waals surface area contributed by atoms with Crippen molar-refractivity contribution < 1.29 is 22.7 Å². The maximum Gasteiger partial charge on any atom is 0.324 e. The van der Waals surface area contributed by atoms with E-state index in [2.05, 4.69) is 0 Å². The normalized spacial score (nSPS) is 22.8. The molecular weight excluding hydrogens is 354 g/mol. The SMILES string of the molecule is O=C1OC2CCC1N(S(=O)(=O)c1ccc(OCc3ccccc3)cc1)C2. The van der Waals surface area contributed by atoms with Crippen LogP contribution in [0.3, 0.4) is 0 Å². The van der Waals surface area contributed by atoms with Crippen molar-refractivity contribution in [3.8, 4) is 5.75 Å². The van der Waals surface area contributed by atoms with Gasteiger partial charge in [0.2, 0.25) is 10.0 Å². The molecule has 7 heteroatoms. The van der Waals surface area contributed by atoms with Gasteiger partial charge in [0.05, 0.1) is 11.4 Å². The number of carbonyl (C=O) groups excluding carboxylic acids is 1. The lowest BCUT2D eigenvalue weighted by Gasteiger charge is -2.42. The van der Waals surface area contributed by atoms with E-state index in [-0.39, 0.29) is 17.5 Å². The number of piperidine rings is 1. The predicted molar refractivity (Wildman–Crippen MR) is 94.0 cm³/mol. The number of rotatable bonds is 5. The summed E-state index contributed by atoms with van der Waals surface area (Å²) in [5.74, 6) is 0.145. The van der Waals surface area contributed by atoms with E-state index in [0.29, 0.717) is 25.2 Å². The molecule has 0 aliphatic carbocycles. The van der Waals surface area contributed by atoms with E-state index in [4.69, 9.17) is 9.47 Å². The fourth-order valence-corrected chi connectivity index (χ4v) is 4.97. The van der Waals surface area contributed by atoms with Gasteiger partial charge in [0.25, 0.3) is 0 Å². The Labute approximate surface area is 152 Å². The summed E-state index contributed by atoms with van der Waals surface area (Å²) < 4.78 is 37.9. The number of nitrogens with zero attached hydrogens (tertiary/aromatic N) is 1. The molecule has 2 bridgehead atoms. The summed E-state index contributed by atoms with van der Waals surface area (Å²) in [5.41, 5.74) is 1.03. The average molecular weight is 373 g/mol. The minimum Gasteiger partial charge on any atom is -0.489 e. The Morgan fingerprint density at radius 2 is 1.77 bits per heavy atom. The fourth-order valence-electron chi connectivity index (χ4n) is 3.33. The van der Waals surface area contributed by atoms with Gasteiger partial charge >= 0.3 is 5.97 Å². The molecule has 0 spiro atoms. The maximum absolute atomic E-state index is 12.9. The molecule has 0 amide bonds. The molecular formula is C19H19NO5S. The van der Waals surface area contributed by atoms with Crippen molar-refractivity contribution in [3.05, 3.63) is 60.2 Å². The molecule has 0 saturated carbocycles. The Bertz CT molecular complexity index is 895. The van der Waals surface area contributed by atoms with Crippen LogP contribution in [0.2, 0.25) is 0 Å². The van der Waals surface area contributed by atoms with Crippen LogP contribution in [0.25, 0.3) is 0 Å². The van der Waals surface area contributed by atoms with Gasteiger partial charge in [-0.25, -0.2) is 8.42 Å². The Kier molecular flexibility index (Phi) is 4.42. The Hall–Kier alpha value is -2.38. The fraction of sp³-hybridized carbons (Fsp3) is 0.316. The first-order chi connectivity index (χ1) is 12.5. The number of morpholine rings is 1. The molecule has 2 atom stereocenters. The Morgan fingerprint density at radius 1 is 1.04 bits per heavy atom. The van der Waals surface area contributed by atoms with Crippen molar-refractivity contribution in [1.29, 1.82) is 0 Å². The highest BCUT2D eigenvalue weighted by molar-refractivity contribution is 7.89. The van der Waals surface area contributed by atoms with E-state index in [9.17, 15) is 13.2 Å². The molecule has 5 rings (SSSR count). The third-order valence-corrected chi connectivity index (χ3v) is 6.62. The van der Waals surface area contributed by atoms with E-state index in [1.807, 2.05) is 30.3 Å². The molecule has 0 aromatic heterocycles. The highest BCUT2D eigenvalue weighted by Crippen LogP contribution is 2.32. The molecule has 0 radical (unpaired) electrons. The molecule has 3 aliphatic heterocycles. The van der Waals surface area contributed by atoms with Crippen LogP contribution in [0.15, 0.2) is 59.5 Å². The minimum atomic E-state index is -3.73. The number of ether oxygens (including phenoxy) is 2. The smallest absolute Gasteiger partial charge is 0.324 e. The quantitative estimate of drug-likeness (QED) is 0.752. The maximum atomic E-state index is 12.9. The van der Waals surface area contributed by atoms with Crippen molar-refractivity contribution in [2.45, 2.75) is 36.5 Å². The van der Waals surface area contributed by atoms with Gasteiger partial charge in [-0.1, -0.05) is 30.3 Å². The number of fused-ring (bicyclic) bond motifs is 3. The molecule has 136 valence electrons. The van der Waals surface area contributed by atoms with Crippen LogP contribution in [-0.4, -0.2) is 37.4 Å². The number of carbonyl (C=O) groups is 1. The van der Waals surface area contributed by atoms with Crippen molar-refractivity contribution in [1.82, 2.24) is 4.31 Å². The highest BCUT2D eigenvalue weighted by atomic mass is 32.2. The van der Waals surface area contributed by atoms with Gasteiger partial charge in [-0.2, -0.15) is 4.31 Å². The number of sulfonamides is 1. The van der Waals surface area contributed by atoms with E-state index in [1.54, 1.807) is 12.1 Å². The number of benzene rings is 2. The third-order valence-electron chi connectivity index (χ3n) is 4.73. The van der Waals surface area contributed by atoms with Gasteiger partial charge in [-0.05, 0) is 42.7 Å². The van der Waals surface area contributed by atoms with Crippen LogP contribution in [0.1, 0.15) is 18.4 Å². The van der Waals surface area contributed by atoms with Crippen molar-refractivity contribution >= 4 is 16.0 Å². The summed E-state index contributed by atoms with van der Waals surface area (Å²) in [6.07, 6.45) is 0.895. The predicted octanol–water partition coefficient (Wildman–Crippen LogP) is 2.34. The first-order valence-corrected chi connectivity index (χ1v) is 9.97. The molecule has 3 aliphatic rings. The average Bonchev–Trinajstić information content (AvgIpc) is 2.68. The molecule has 3 saturated heterocycles. The lowest BCUT2D eigenvalue weighted by atomic mass is 9.99. The molecule has 6 nitrogen and oxygen atoms in total. The number of hydrogen-bond acceptors (Lipinski definition) is 5. The standard InChI is InChI=1S/C19H19NO5S/c21-19-18-11-8-16(25-19)12-20(18)26(22,23)17-9-6-15(7-10-17)24-13-14-4-2-1-3-5-14/h1-7,9-10,16,18H,8,11-13H2. The van der Waals surface area contributed by atoms with Crippen molar-refractivity contribution in [2.75, 3.05) is 6.54 Å². The number of esters is 1. The summed E-state index contributed by atoms with van der Waals surface area (Å²) in [5, 5.41) is 0. The zero-order valence-electron chi connectivity index (χ0n) is 14.1. The highest BCUT2D eigenvalue weighted by Gasteiger charge is 2.47. The van der Waals surface area contributed by atoms with Crippen LogP contribution in [0.5, 0.6) is 5.75 Å². The van der Waals surface area contributed by atoms with Crippen LogP contribution in [0.4, 0.5) is 0 Å². The third kappa shape index (κ3) is 3.20. The molecule has 2 aromatic rings. The molecule has 3 fully saturated rings. The van der Waals surface area contributed by atoms with Gasteiger partial charge in [-0.3, -0.25) is 4.79 Å². The van der Waals surface area contributed by atoms with Crippen LogP contribution in [0, 0.1) is 0 Å². The second kappa shape index (κ2) is 6.74. The largest absolute Gasteiger partial charge is 0.489 e. The van der Waals surface area contributed by atoms with E-state index in [0.717, 1.165) is 5.56 Å². The minimum absolute atomic E-state index is 0.157. The summed E-state index contributed by atoms with van der Waals surface area (Å²) in [6, 6.07) is 15.3. The van der Waals surface area contributed by atoms with Crippen molar-refractivity contribution in [2.24, 2.45) is 0 Å². The zero-order chi connectivity index (χ0) is 18.1.